The van der Waals surface area contributed by atoms with E-state index < -0.39 is 0 Å². The summed E-state index contributed by atoms with van der Waals surface area (Å²) in [6, 6.07) is 0. The first kappa shape index (κ1) is 17.7. The Hall–Kier alpha value is -0.610. The number of carbonyl (C=O) groups excluding carboxylic acids is 1. The molecule has 0 aromatic rings. The maximum atomic E-state index is 12.2. The molecule has 0 amide bonds. The van der Waals surface area contributed by atoms with Gasteiger partial charge in [0.2, 0.25) is 0 Å². The van der Waals surface area contributed by atoms with Gasteiger partial charge in [-0.25, -0.2) is 0 Å². The van der Waals surface area contributed by atoms with Crippen molar-refractivity contribution in [1.82, 2.24) is 0 Å². The molecule has 5 atom stereocenters. The van der Waals surface area contributed by atoms with Gasteiger partial charge in [0.15, 0.2) is 0 Å². The zero-order valence-electron chi connectivity index (χ0n) is 14.4. The summed E-state index contributed by atoms with van der Waals surface area (Å²) in [6.07, 6.45) is 4.49. The molecule has 0 spiro atoms. The van der Waals surface area contributed by atoms with Crippen molar-refractivity contribution < 1.29 is 19.0 Å². The van der Waals surface area contributed by atoms with Crippen LogP contribution in [0.4, 0.5) is 0 Å². The van der Waals surface area contributed by atoms with E-state index in [4.69, 9.17) is 14.2 Å². The third-order valence-electron chi connectivity index (χ3n) is 5.69. The first-order valence-corrected chi connectivity index (χ1v) is 8.97. The molecule has 0 aromatic carbocycles. The second-order valence-corrected chi connectivity index (χ2v) is 6.97. The Labute approximate surface area is 134 Å². The molecule has 128 valence electrons. The molecule has 0 saturated heterocycles. The van der Waals surface area contributed by atoms with Crippen LogP contribution in [-0.2, 0) is 19.0 Å². The van der Waals surface area contributed by atoms with E-state index in [0.717, 1.165) is 37.7 Å². The molecule has 4 nitrogen and oxygen atoms in total. The second kappa shape index (κ2) is 8.88. The van der Waals surface area contributed by atoms with Crippen LogP contribution >= 0.6 is 0 Å². The minimum absolute atomic E-state index is 0.00551. The van der Waals surface area contributed by atoms with Crippen LogP contribution in [0.5, 0.6) is 0 Å². The Morgan fingerprint density at radius 3 is 2.27 bits per heavy atom. The van der Waals surface area contributed by atoms with E-state index in [1.807, 2.05) is 0 Å². The number of carbonyl (C=O) groups is 1. The lowest BCUT2D eigenvalue weighted by molar-refractivity contribution is -0.153. The summed E-state index contributed by atoms with van der Waals surface area (Å²) >= 11 is 0. The summed E-state index contributed by atoms with van der Waals surface area (Å²) in [5, 5.41) is 0. The molecule has 0 heterocycles. The van der Waals surface area contributed by atoms with Gasteiger partial charge in [-0.15, -0.1) is 0 Å². The standard InChI is InChI=1S/C18H32O4/c1-4-5-6-20-7-8-21-9-10-22-18(19)17-12-15-11-16(17)14(3)13(15)2/h13-17H,4-12H2,1-3H3. The molecule has 0 radical (unpaired) electrons. The number of esters is 1. The van der Waals surface area contributed by atoms with E-state index in [1.165, 1.54) is 6.42 Å². The molecular formula is C18H32O4. The molecule has 4 heteroatoms. The van der Waals surface area contributed by atoms with Crippen LogP contribution in [0, 0.1) is 29.6 Å². The Kier molecular flexibility index (Phi) is 7.16. The summed E-state index contributed by atoms with van der Waals surface area (Å²) in [5.74, 6) is 2.83. The van der Waals surface area contributed by atoms with Crippen LogP contribution in [0.15, 0.2) is 0 Å². The third-order valence-corrected chi connectivity index (χ3v) is 5.69. The molecule has 2 rings (SSSR count). The van der Waals surface area contributed by atoms with E-state index in [9.17, 15) is 4.79 Å². The van der Waals surface area contributed by atoms with Gasteiger partial charge >= 0.3 is 5.97 Å². The van der Waals surface area contributed by atoms with Crippen molar-refractivity contribution in [3.8, 4) is 0 Å². The lowest BCUT2D eigenvalue weighted by Gasteiger charge is -2.30. The molecule has 0 N–H and O–H groups in total. The van der Waals surface area contributed by atoms with Crippen LogP contribution in [0.25, 0.3) is 0 Å². The second-order valence-electron chi connectivity index (χ2n) is 6.97. The van der Waals surface area contributed by atoms with Gasteiger partial charge in [-0.1, -0.05) is 27.2 Å². The van der Waals surface area contributed by atoms with Crippen molar-refractivity contribution in [3.05, 3.63) is 0 Å². The summed E-state index contributed by atoms with van der Waals surface area (Å²) in [4.78, 5) is 12.2. The van der Waals surface area contributed by atoms with Gasteiger partial charge < -0.3 is 14.2 Å². The summed E-state index contributed by atoms with van der Waals surface area (Å²) in [6.45, 7) is 9.59. The first-order chi connectivity index (χ1) is 10.6. The molecule has 0 aromatic heterocycles. The monoisotopic (exact) mass is 312 g/mol. The van der Waals surface area contributed by atoms with E-state index in [1.54, 1.807) is 0 Å². The number of hydrogen-bond acceptors (Lipinski definition) is 4. The first-order valence-electron chi connectivity index (χ1n) is 8.97. The topological polar surface area (TPSA) is 44.8 Å². The van der Waals surface area contributed by atoms with E-state index in [2.05, 4.69) is 20.8 Å². The smallest absolute Gasteiger partial charge is 0.309 e. The van der Waals surface area contributed by atoms with Crippen LogP contribution in [0.1, 0.15) is 46.5 Å². The Bertz CT molecular complexity index is 342. The highest BCUT2D eigenvalue weighted by molar-refractivity contribution is 5.73. The number of rotatable bonds is 10. The van der Waals surface area contributed by atoms with Gasteiger partial charge in [0, 0.05) is 6.61 Å². The molecule has 2 fully saturated rings. The fourth-order valence-corrected chi connectivity index (χ4v) is 4.09. The number of unbranched alkanes of at least 4 members (excludes halogenated alkanes) is 1. The largest absolute Gasteiger partial charge is 0.463 e. The maximum absolute atomic E-state index is 12.2. The van der Waals surface area contributed by atoms with Crippen molar-refractivity contribution in [2.24, 2.45) is 29.6 Å². The Morgan fingerprint density at radius 1 is 0.955 bits per heavy atom. The number of ether oxygens (including phenoxy) is 3. The highest BCUT2D eigenvalue weighted by Gasteiger charge is 2.51. The van der Waals surface area contributed by atoms with Gasteiger partial charge in [0.1, 0.15) is 6.61 Å². The van der Waals surface area contributed by atoms with Gasteiger partial charge in [-0.3, -0.25) is 4.79 Å². The molecule has 0 aliphatic heterocycles. The zero-order valence-corrected chi connectivity index (χ0v) is 14.4. The average Bonchev–Trinajstić information content (AvgIpc) is 3.06. The maximum Gasteiger partial charge on any atom is 0.309 e. The molecule has 5 unspecified atom stereocenters. The molecule has 2 aliphatic carbocycles. The zero-order chi connectivity index (χ0) is 15.9. The summed E-state index contributed by atoms with van der Waals surface area (Å²) < 4.78 is 16.2. The van der Waals surface area contributed by atoms with Gasteiger partial charge in [0.25, 0.3) is 0 Å². The van der Waals surface area contributed by atoms with Gasteiger partial charge in [0.05, 0.1) is 25.7 Å². The van der Waals surface area contributed by atoms with Crippen LogP contribution in [0.2, 0.25) is 0 Å². The van der Waals surface area contributed by atoms with Crippen molar-refractivity contribution in [2.45, 2.75) is 46.5 Å². The summed E-state index contributed by atoms with van der Waals surface area (Å²) in [7, 11) is 0. The van der Waals surface area contributed by atoms with Gasteiger partial charge in [-0.2, -0.15) is 0 Å². The van der Waals surface area contributed by atoms with Crippen LogP contribution in [-0.4, -0.2) is 39.0 Å². The number of hydrogen-bond donors (Lipinski definition) is 0. The highest BCUT2D eigenvalue weighted by atomic mass is 16.6. The summed E-state index contributed by atoms with van der Waals surface area (Å²) in [5.41, 5.74) is 0. The molecular weight excluding hydrogens is 280 g/mol. The lowest BCUT2D eigenvalue weighted by atomic mass is 9.76. The predicted molar refractivity (Wildman–Crippen MR) is 85.5 cm³/mol. The molecule has 2 bridgehead atoms. The van der Waals surface area contributed by atoms with Crippen molar-refractivity contribution >= 4 is 5.97 Å². The van der Waals surface area contributed by atoms with E-state index >= 15 is 0 Å². The Morgan fingerprint density at radius 2 is 1.64 bits per heavy atom. The van der Waals surface area contributed by atoms with Crippen LogP contribution in [0.3, 0.4) is 0 Å². The average molecular weight is 312 g/mol. The predicted octanol–water partition coefficient (Wildman–Crippen LogP) is 3.29. The third kappa shape index (κ3) is 4.45. The van der Waals surface area contributed by atoms with E-state index in [0.29, 0.717) is 38.3 Å². The van der Waals surface area contributed by atoms with E-state index in [-0.39, 0.29) is 11.9 Å². The normalized spacial score (nSPS) is 33.3. The van der Waals surface area contributed by atoms with Crippen LogP contribution < -0.4 is 0 Å². The fraction of sp³-hybridized carbons (Fsp3) is 0.944. The molecule has 2 aliphatic rings. The van der Waals surface area contributed by atoms with Gasteiger partial charge in [-0.05, 0) is 42.9 Å². The highest BCUT2D eigenvalue weighted by Crippen LogP contribution is 2.55. The number of fused-ring (bicyclic) bond motifs is 2. The fourth-order valence-electron chi connectivity index (χ4n) is 4.09. The lowest BCUT2D eigenvalue weighted by Crippen LogP contribution is -2.31. The Balaban J connectivity index is 1.51. The SMILES string of the molecule is CCCCOCCOCCOC(=O)C1CC2CC1C(C)C2C. The van der Waals surface area contributed by atoms with Crippen molar-refractivity contribution in [2.75, 3.05) is 33.0 Å². The van der Waals surface area contributed by atoms with Crippen molar-refractivity contribution in [3.63, 3.8) is 0 Å². The minimum Gasteiger partial charge on any atom is -0.463 e. The molecule has 2 saturated carbocycles. The van der Waals surface area contributed by atoms with Crippen molar-refractivity contribution in [1.29, 1.82) is 0 Å². The minimum atomic E-state index is -0.00551. The quantitative estimate of drug-likeness (QED) is 0.459. The molecule has 22 heavy (non-hydrogen) atoms.